The summed E-state index contributed by atoms with van der Waals surface area (Å²) in [5.74, 6) is 1.09. The van der Waals surface area contributed by atoms with Crippen molar-refractivity contribution in [3.63, 3.8) is 0 Å². The van der Waals surface area contributed by atoms with E-state index in [1.807, 2.05) is 13.0 Å². The van der Waals surface area contributed by atoms with Crippen LogP contribution in [0.2, 0.25) is 0 Å². The molecular formula is C23H26N2O5S. The molecule has 164 valence electrons. The maximum atomic E-state index is 12.5. The lowest BCUT2D eigenvalue weighted by Crippen LogP contribution is -2.11. The van der Waals surface area contributed by atoms with Gasteiger partial charge in [0.05, 0.1) is 18.7 Å². The van der Waals surface area contributed by atoms with Crippen LogP contribution < -0.4 is 10.1 Å². The van der Waals surface area contributed by atoms with E-state index >= 15 is 0 Å². The molecule has 2 aromatic heterocycles. The lowest BCUT2D eigenvalue weighted by atomic mass is 10.0. The molecule has 2 heterocycles. The molecule has 0 spiro atoms. The SMILES string of the molecule is CCOC(=O)Cc1csc(NC(=O)c2ccc(COc3cc(C)ccc3C(C)C)o2)n1. The number of hydrogen-bond donors (Lipinski definition) is 1. The van der Waals surface area contributed by atoms with Gasteiger partial charge in [0, 0.05) is 5.38 Å². The quantitative estimate of drug-likeness (QED) is 0.463. The number of amides is 1. The van der Waals surface area contributed by atoms with E-state index in [0.29, 0.717) is 29.1 Å². The highest BCUT2D eigenvalue weighted by Crippen LogP contribution is 2.28. The number of aromatic nitrogens is 1. The van der Waals surface area contributed by atoms with Gasteiger partial charge in [-0.2, -0.15) is 0 Å². The summed E-state index contributed by atoms with van der Waals surface area (Å²) in [4.78, 5) is 28.2. The topological polar surface area (TPSA) is 90.7 Å². The van der Waals surface area contributed by atoms with E-state index in [1.54, 1.807) is 24.4 Å². The molecule has 0 saturated heterocycles. The van der Waals surface area contributed by atoms with Gasteiger partial charge in [-0.3, -0.25) is 14.9 Å². The highest BCUT2D eigenvalue weighted by molar-refractivity contribution is 7.14. The fourth-order valence-electron chi connectivity index (χ4n) is 2.93. The van der Waals surface area contributed by atoms with Crippen LogP contribution >= 0.6 is 11.3 Å². The molecule has 1 N–H and O–H groups in total. The molecule has 7 nitrogen and oxygen atoms in total. The first-order chi connectivity index (χ1) is 14.9. The van der Waals surface area contributed by atoms with Crippen LogP contribution in [0.5, 0.6) is 5.75 Å². The Bertz CT molecular complexity index is 1050. The van der Waals surface area contributed by atoms with Gasteiger partial charge in [-0.05, 0) is 49.1 Å². The van der Waals surface area contributed by atoms with Crippen LogP contribution in [-0.4, -0.2) is 23.5 Å². The van der Waals surface area contributed by atoms with Crippen LogP contribution in [0.4, 0.5) is 5.13 Å². The second-order valence-corrected chi connectivity index (χ2v) is 8.19. The Morgan fingerprint density at radius 3 is 2.77 bits per heavy atom. The van der Waals surface area contributed by atoms with Crippen molar-refractivity contribution in [1.82, 2.24) is 4.98 Å². The summed E-state index contributed by atoms with van der Waals surface area (Å²) >= 11 is 1.24. The molecule has 0 saturated carbocycles. The van der Waals surface area contributed by atoms with E-state index in [9.17, 15) is 9.59 Å². The van der Waals surface area contributed by atoms with E-state index in [-0.39, 0.29) is 24.8 Å². The highest BCUT2D eigenvalue weighted by Gasteiger charge is 2.16. The number of furan rings is 1. The summed E-state index contributed by atoms with van der Waals surface area (Å²) in [5.41, 5.74) is 2.79. The minimum absolute atomic E-state index is 0.0692. The summed E-state index contributed by atoms with van der Waals surface area (Å²) in [5, 5.41) is 4.78. The van der Waals surface area contributed by atoms with Gasteiger partial charge in [-0.1, -0.05) is 26.0 Å². The molecule has 1 amide bonds. The third-order valence-corrected chi connectivity index (χ3v) is 5.26. The molecule has 0 radical (unpaired) electrons. The highest BCUT2D eigenvalue weighted by atomic mass is 32.1. The van der Waals surface area contributed by atoms with Crippen LogP contribution in [0.25, 0.3) is 0 Å². The smallest absolute Gasteiger partial charge is 0.311 e. The van der Waals surface area contributed by atoms with Gasteiger partial charge in [0.25, 0.3) is 5.91 Å². The summed E-state index contributed by atoms with van der Waals surface area (Å²) in [7, 11) is 0. The standard InChI is InChI=1S/C23H26N2O5S/c1-5-28-21(26)11-16-13-31-23(24-16)25-22(27)19-9-7-17(30-19)12-29-20-10-15(4)6-8-18(20)14(2)3/h6-10,13-14H,5,11-12H2,1-4H3,(H,24,25,27). The van der Waals surface area contributed by atoms with Crippen molar-refractivity contribution < 1.29 is 23.5 Å². The average Bonchev–Trinajstić information content (AvgIpc) is 3.36. The number of carbonyl (C=O) groups excluding carboxylic acids is 2. The van der Waals surface area contributed by atoms with Gasteiger partial charge in [0.15, 0.2) is 10.9 Å². The molecular weight excluding hydrogens is 416 g/mol. The fourth-order valence-corrected chi connectivity index (χ4v) is 3.64. The van der Waals surface area contributed by atoms with Crippen molar-refractivity contribution in [1.29, 1.82) is 0 Å². The van der Waals surface area contributed by atoms with E-state index in [2.05, 4.69) is 36.3 Å². The summed E-state index contributed by atoms with van der Waals surface area (Å²) in [6.45, 7) is 8.53. The largest absolute Gasteiger partial charge is 0.485 e. The predicted molar refractivity (Wildman–Crippen MR) is 119 cm³/mol. The first kappa shape index (κ1) is 22.6. The van der Waals surface area contributed by atoms with Crippen molar-refractivity contribution in [3.8, 4) is 5.75 Å². The van der Waals surface area contributed by atoms with Gasteiger partial charge in [-0.25, -0.2) is 4.98 Å². The number of rotatable bonds is 9. The van der Waals surface area contributed by atoms with Gasteiger partial charge in [0.1, 0.15) is 18.1 Å². The van der Waals surface area contributed by atoms with Crippen LogP contribution in [0.3, 0.4) is 0 Å². The van der Waals surface area contributed by atoms with Crippen molar-refractivity contribution in [2.24, 2.45) is 0 Å². The van der Waals surface area contributed by atoms with Crippen molar-refractivity contribution >= 4 is 28.3 Å². The van der Waals surface area contributed by atoms with Crippen LogP contribution in [0.15, 0.2) is 40.1 Å². The number of aryl methyl sites for hydroxylation is 1. The molecule has 31 heavy (non-hydrogen) atoms. The van der Waals surface area contributed by atoms with E-state index in [0.717, 1.165) is 16.9 Å². The minimum Gasteiger partial charge on any atom is -0.485 e. The molecule has 8 heteroatoms. The lowest BCUT2D eigenvalue weighted by Gasteiger charge is -2.14. The molecule has 0 aliphatic heterocycles. The number of thiazole rings is 1. The van der Waals surface area contributed by atoms with Crippen LogP contribution in [0, 0.1) is 6.92 Å². The molecule has 0 bridgehead atoms. The van der Waals surface area contributed by atoms with Crippen molar-refractivity contribution in [3.05, 3.63) is 64.1 Å². The Balaban J connectivity index is 1.59. The molecule has 1 aromatic carbocycles. The minimum atomic E-state index is -0.415. The van der Waals surface area contributed by atoms with E-state index in [1.165, 1.54) is 11.3 Å². The Kier molecular flexibility index (Phi) is 7.46. The van der Waals surface area contributed by atoms with Crippen molar-refractivity contribution in [2.75, 3.05) is 11.9 Å². The maximum Gasteiger partial charge on any atom is 0.311 e. The van der Waals surface area contributed by atoms with Gasteiger partial charge >= 0.3 is 5.97 Å². The van der Waals surface area contributed by atoms with E-state index < -0.39 is 5.91 Å². The second kappa shape index (κ2) is 10.3. The molecule has 0 fully saturated rings. The second-order valence-electron chi connectivity index (χ2n) is 7.33. The number of carbonyl (C=O) groups is 2. The monoisotopic (exact) mass is 442 g/mol. The molecule has 0 unspecified atom stereocenters. The summed E-state index contributed by atoms with van der Waals surface area (Å²) in [6, 6.07) is 9.45. The molecule has 3 rings (SSSR count). The number of esters is 1. The van der Waals surface area contributed by atoms with Gasteiger partial charge in [0.2, 0.25) is 0 Å². The maximum absolute atomic E-state index is 12.5. The van der Waals surface area contributed by atoms with Gasteiger partial charge in [-0.15, -0.1) is 11.3 Å². The third kappa shape index (κ3) is 6.18. The van der Waals surface area contributed by atoms with E-state index in [4.69, 9.17) is 13.9 Å². The first-order valence-electron chi connectivity index (χ1n) is 10.1. The Labute approximate surface area is 185 Å². The zero-order chi connectivity index (χ0) is 22.4. The zero-order valence-corrected chi connectivity index (χ0v) is 18.9. The number of nitrogens with one attached hydrogen (secondary N) is 1. The number of ether oxygens (including phenoxy) is 2. The van der Waals surface area contributed by atoms with Crippen LogP contribution in [-0.2, 0) is 22.6 Å². The Morgan fingerprint density at radius 2 is 2.03 bits per heavy atom. The molecule has 0 aliphatic carbocycles. The van der Waals surface area contributed by atoms with Crippen molar-refractivity contribution in [2.45, 2.75) is 46.6 Å². The number of anilines is 1. The normalized spacial score (nSPS) is 10.9. The lowest BCUT2D eigenvalue weighted by molar-refractivity contribution is -0.142. The summed E-state index contributed by atoms with van der Waals surface area (Å²) in [6.07, 6.45) is 0.0692. The number of hydrogen-bond acceptors (Lipinski definition) is 7. The number of benzene rings is 1. The summed E-state index contributed by atoms with van der Waals surface area (Å²) < 4.78 is 16.5. The Morgan fingerprint density at radius 1 is 1.23 bits per heavy atom. The third-order valence-electron chi connectivity index (χ3n) is 4.45. The molecule has 0 atom stereocenters. The fraction of sp³-hybridized carbons (Fsp3) is 0.348. The first-order valence-corrected chi connectivity index (χ1v) is 11.0. The van der Waals surface area contributed by atoms with Gasteiger partial charge < -0.3 is 13.9 Å². The average molecular weight is 443 g/mol. The molecule has 0 aliphatic rings. The molecule has 3 aromatic rings. The number of nitrogens with zero attached hydrogens (tertiary/aromatic N) is 1. The zero-order valence-electron chi connectivity index (χ0n) is 18.1. The predicted octanol–water partition coefficient (Wildman–Crippen LogP) is 5.10. The Hall–Kier alpha value is -3.13. The van der Waals surface area contributed by atoms with Crippen LogP contribution in [0.1, 0.15) is 59.8 Å².